The maximum atomic E-state index is 12.7. The maximum Gasteiger partial charge on any atom is 0.430 e. The molecule has 2 rings (SSSR count). The molecule has 1 aliphatic rings. The van der Waals surface area contributed by atoms with Crippen molar-refractivity contribution in [1.29, 1.82) is 0 Å². The number of fused-ring (bicyclic) bond motifs is 1. The van der Waals surface area contributed by atoms with Gasteiger partial charge in [-0.2, -0.15) is 13.2 Å². The quantitative estimate of drug-likeness (QED) is 0.863. The van der Waals surface area contributed by atoms with Gasteiger partial charge in [0.1, 0.15) is 5.75 Å². The zero-order chi connectivity index (χ0) is 13.5. The number of benzene rings is 1. The van der Waals surface area contributed by atoms with E-state index in [1.54, 1.807) is 0 Å². The molecule has 1 atom stereocenters. The average molecular weight is 323 g/mol. The summed E-state index contributed by atoms with van der Waals surface area (Å²) in [5.41, 5.74) is -0.532. The van der Waals surface area contributed by atoms with Crippen molar-refractivity contribution in [2.75, 3.05) is 0 Å². The first-order valence-corrected chi connectivity index (χ1v) is 5.56. The highest BCUT2D eigenvalue weighted by Crippen LogP contribution is 2.38. The summed E-state index contributed by atoms with van der Waals surface area (Å²) in [7, 11) is 0. The van der Waals surface area contributed by atoms with Gasteiger partial charge in [-0.15, -0.1) is 0 Å². The normalized spacial score (nSPS) is 18.7. The molecule has 0 radical (unpaired) electrons. The lowest BCUT2D eigenvalue weighted by Gasteiger charge is -2.27. The van der Waals surface area contributed by atoms with Crippen molar-refractivity contribution < 1.29 is 27.8 Å². The van der Waals surface area contributed by atoms with E-state index in [1.807, 2.05) is 0 Å². The van der Waals surface area contributed by atoms with Crippen LogP contribution in [0.2, 0.25) is 0 Å². The van der Waals surface area contributed by atoms with E-state index in [9.17, 15) is 18.0 Å². The van der Waals surface area contributed by atoms with Gasteiger partial charge in [-0.3, -0.25) is 0 Å². The van der Waals surface area contributed by atoms with E-state index in [1.165, 1.54) is 18.2 Å². The zero-order valence-electron chi connectivity index (χ0n) is 8.66. The van der Waals surface area contributed by atoms with Crippen LogP contribution >= 0.6 is 15.9 Å². The molecule has 0 aromatic heterocycles. The second-order valence-corrected chi connectivity index (χ2v) is 4.54. The topological polar surface area (TPSA) is 46.5 Å². The average Bonchev–Trinajstić information content (AvgIpc) is 2.25. The number of carboxylic acid groups (broad SMARTS) is 1. The molecule has 1 aromatic rings. The Morgan fingerprint density at radius 2 is 2.06 bits per heavy atom. The van der Waals surface area contributed by atoms with Gasteiger partial charge in [-0.05, 0) is 24.3 Å². The standard InChI is InChI=1S/C11H6BrF3O3/c12-6-1-2-8-5(3-6)4-7(10(16)17)9(18-8)11(13,14)15/h1-4,9H,(H,16,17). The fourth-order valence-electron chi connectivity index (χ4n) is 1.59. The number of carbonyl (C=O) groups is 1. The van der Waals surface area contributed by atoms with Crippen LogP contribution < -0.4 is 4.74 Å². The third-order valence-corrected chi connectivity index (χ3v) is 2.85. The Kier molecular flexibility index (Phi) is 3.10. The molecule has 0 spiro atoms. The molecular formula is C11H6BrF3O3. The largest absolute Gasteiger partial charge is 0.478 e. The molecule has 1 aromatic carbocycles. The Morgan fingerprint density at radius 3 is 2.61 bits per heavy atom. The van der Waals surface area contributed by atoms with Crippen LogP contribution in [0.3, 0.4) is 0 Å². The van der Waals surface area contributed by atoms with Crippen LogP contribution in [0.25, 0.3) is 6.08 Å². The summed E-state index contributed by atoms with van der Waals surface area (Å²) < 4.78 is 43.4. The number of hydrogen-bond donors (Lipinski definition) is 1. The molecule has 0 saturated heterocycles. The minimum absolute atomic E-state index is 0.00512. The number of alkyl halides is 3. The van der Waals surface area contributed by atoms with Crippen LogP contribution in [0.1, 0.15) is 5.56 Å². The summed E-state index contributed by atoms with van der Waals surface area (Å²) in [4.78, 5) is 10.8. The monoisotopic (exact) mass is 322 g/mol. The fourth-order valence-corrected chi connectivity index (χ4v) is 1.97. The van der Waals surface area contributed by atoms with Crippen molar-refractivity contribution in [3.8, 4) is 5.75 Å². The third-order valence-electron chi connectivity index (χ3n) is 2.35. The molecular weight excluding hydrogens is 317 g/mol. The van der Waals surface area contributed by atoms with Crippen molar-refractivity contribution in [1.82, 2.24) is 0 Å². The molecule has 1 aliphatic heterocycles. The summed E-state index contributed by atoms with van der Waals surface area (Å²) in [6.45, 7) is 0. The van der Waals surface area contributed by atoms with E-state index in [0.717, 1.165) is 6.08 Å². The predicted octanol–water partition coefficient (Wildman–Crippen LogP) is 3.24. The van der Waals surface area contributed by atoms with E-state index in [0.29, 0.717) is 10.0 Å². The lowest BCUT2D eigenvalue weighted by molar-refractivity contribution is -0.187. The summed E-state index contributed by atoms with van der Waals surface area (Å²) in [5, 5.41) is 8.81. The summed E-state index contributed by atoms with van der Waals surface area (Å²) in [6.07, 6.45) is -6.23. The van der Waals surface area contributed by atoms with Gasteiger partial charge in [0.25, 0.3) is 0 Å². The van der Waals surface area contributed by atoms with Crippen molar-refractivity contribution in [2.45, 2.75) is 12.3 Å². The highest BCUT2D eigenvalue weighted by molar-refractivity contribution is 9.10. The SMILES string of the molecule is O=C(O)C1=Cc2cc(Br)ccc2OC1C(F)(F)F. The van der Waals surface area contributed by atoms with E-state index in [4.69, 9.17) is 9.84 Å². The first kappa shape index (κ1) is 12.9. The first-order chi connectivity index (χ1) is 8.29. The van der Waals surface area contributed by atoms with Crippen molar-refractivity contribution in [3.63, 3.8) is 0 Å². The van der Waals surface area contributed by atoms with Gasteiger partial charge in [0.15, 0.2) is 0 Å². The van der Waals surface area contributed by atoms with E-state index >= 15 is 0 Å². The number of hydrogen-bond acceptors (Lipinski definition) is 2. The van der Waals surface area contributed by atoms with Crippen LogP contribution in [0.4, 0.5) is 13.2 Å². The van der Waals surface area contributed by atoms with Crippen LogP contribution in [-0.4, -0.2) is 23.4 Å². The van der Waals surface area contributed by atoms with Crippen LogP contribution in [0, 0.1) is 0 Å². The molecule has 0 fully saturated rings. The molecule has 1 N–H and O–H groups in total. The molecule has 0 bridgehead atoms. The van der Waals surface area contributed by atoms with Gasteiger partial charge in [-0.25, -0.2) is 4.79 Å². The number of carboxylic acids is 1. The minimum atomic E-state index is -4.77. The summed E-state index contributed by atoms with van der Waals surface area (Å²) >= 11 is 3.15. The highest BCUT2D eigenvalue weighted by Gasteiger charge is 2.48. The van der Waals surface area contributed by atoms with Crippen molar-refractivity contribution >= 4 is 28.0 Å². The van der Waals surface area contributed by atoms with E-state index in [-0.39, 0.29) is 5.75 Å². The number of ether oxygens (including phenoxy) is 1. The van der Waals surface area contributed by atoms with E-state index < -0.39 is 23.8 Å². The Balaban J connectivity index is 2.53. The molecule has 0 saturated carbocycles. The van der Waals surface area contributed by atoms with Crippen molar-refractivity contribution in [3.05, 3.63) is 33.8 Å². The Labute approximate surface area is 108 Å². The molecule has 7 heteroatoms. The molecule has 0 amide bonds. The Morgan fingerprint density at radius 1 is 1.39 bits per heavy atom. The van der Waals surface area contributed by atoms with E-state index in [2.05, 4.69) is 15.9 Å². The van der Waals surface area contributed by atoms with Gasteiger partial charge in [0, 0.05) is 10.0 Å². The van der Waals surface area contributed by atoms with Gasteiger partial charge in [0.05, 0.1) is 5.57 Å². The lowest BCUT2D eigenvalue weighted by atomic mass is 10.0. The fraction of sp³-hybridized carbons (Fsp3) is 0.182. The first-order valence-electron chi connectivity index (χ1n) is 4.77. The van der Waals surface area contributed by atoms with Gasteiger partial charge in [0.2, 0.25) is 6.10 Å². The van der Waals surface area contributed by atoms with Crippen LogP contribution in [0.15, 0.2) is 28.2 Å². The molecule has 18 heavy (non-hydrogen) atoms. The number of halogens is 4. The molecule has 3 nitrogen and oxygen atoms in total. The highest BCUT2D eigenvalue weighted by atomic mass is 79.9. The molecule has 1 heterocycles. The molecule has 1 unspecified atom stereocenters. The maximum absolute atomic E-state index is 12.7. The summed E-state index contributed by atoms with van der Waals surface area (Å²) in [5.74, 6) is -1.64. The number of rotatable bonds is 1. The minimum Gasteiger partial charge on any atom is -0.478 e. The second kappa shape index (κ2) is 4.31. The lowest BCUT2D eigenvalue weighted by Crippen LogP contribution is -2.40. The third kappa shape index (κ3) is 2.35. The predicted molar refractivity (Wildman–Crippen MR) is 60.2 cm³/mol. The van der Waals surface area contributed by atoms with Gasteiger partial charge in [-0.1, -0.05) is 15.9 Å². The second-order valence-electron chi connectivity index (χ2n) is 3.63. The molecule has 96 valence electrons. The Bertz CT molecular complexity index is 537. The van der Waals surface area contributed by atoms with Crippen molar-refractivity contribution in [2.24, 2.45) is 0 Å². The zero-order valence-corrected chi connectivity index (χ0v) is 10.2. The number of aliphatic carboxylic acids is 1. The smallest absolute Gasteiger partial charge is 0.430 e. The van der Waals surface area contributed by atoms with Gasteiger partial charge < -0.3 is 9.84 Å². The van der Waals surface area contributed by atoms with Crippen LogP contribution in [0.5, 0.6) is 5.75 Å². The van der Waals surface area contributed by atoms with Crippen LogP contribution in [-0.2, 0) is 4.79 Å². The van der Waals surface area contributed by atoms with Gasteiger partial charge >= 0.3 is 12.1 Å². The summed E-state index contributed by atoms with van der Waals surface area (Å²) in [6, 6.07) is 4.37. The Hall–Kier alpha value is -1.50. The molecule has 0 aliphatic carbocycles.